The van der Waals surface area contributed by atoms with Crippen LogP contribution in [0.1, 0.15) is 17.4 Å². The fraction of sp³-hybridized carbons (Fsp3) is 0.308. The standard InChI is InChI=1S/C13H15N3O/c1-16-7-6-14-13(16)8-15-11-9-17-12-5-3-2-4-10(11)12/h2-7,11,15H,8-9H2,1H3. The van der Waals surface area contributed by atoms with Crippen molar-refractivity contribution >= 4 is 0 Å². The first kappa shape index (κ1) is 10.4. The zero-order chi connectivity index (χ0) is 11.7. The fourth-order valence-corrected chi connectivity index (χ4v) is 2.11. The number of para-hydroxylation sites is 1. The fourth-order valence-electron chi connectivity index (χ4n) is 2.11. The van der Waals surface area contributed by atoms with E-state index in [4.69, 9.17) is 4.74 Å². The first-order valence-corrected chi connectivity index (χ1v) is 5.76. The van der Waals surface area contributed by atoms with Crippen LogP contribution in [0.2, 0.25) is 0 Å². The highest BCUT2D eigenvalue weighted by Crippen LogP contribution is 2.31. The van der Waals surface area contributed by atoms with Gasteiger partial charge in [0.15, 0.2) is 0 Å². The molecule has 0 spiro atoms. The van der Waals surface area contributed by atoms with E-state index in [0.717, 1.165) is 18.1 Å². The summed E-state index contributed by atoms with van der Waals surface area (Å²) >= 11 is 0. The molecule has 0 radical (unpaired) electrons. The van der Waals surface area contributed by atoms with E-state index >= 15 is 0 Å². The summed E-state index contributed by atoms with van der Waals surface area (Å²) in [7, 11) is 2.00. The second-order valence-corrected chi connectivity index (χ2v) is 4.24. The lowest BCUT2D eigenvalue weighted by Gasteiger charge is -2.11. The third kappa shape index (κ3) is 1.91. The summed E-state index contributed by atoms with van der Waals surface area (Å²) in [5, 5.41) is 3.47. The van der Waals surface area contributed by atoms with Crippen LogP contribution >= 0.6 is 0 Å². The molecule has 1 N–H and O–H groups in total. The van der Waals surface area contributed by atoms with Gasteiger partial charge in [-0.1, -0.05) is 18.2 Å². The van der Waals surface area contributed by atoms with Crippen LogP contribution in [0.25, 0.3) is 0 Å². The van der Waals surface area contributed by atoms with Gasteiger partial charge >= 0.3 is 0 Å². The van der Waals surface area contributed by atoms with Gasteiger partial charge in [0.25, 0.3) is 0 Å². The number of aryl methyl sites for hydroxylation is 1. The molecule has 1 unspecified atom stereocenters. The van der Waals surface area contributed by atoms with Gasteiger partial charge in [-0.25, -0.2) is 4.98 Å². The lowest BCUT2D eigenvalue weighted by atomic mass is 10.1. The van der Waals surface area contributed by atoms with Crippen LogP contribution in [-0.2, 0) is 13.6 Å². The Morgan fingerprint density at radius 1 is 1.47 bits per heavy atom. The Bertz CT molecular complexity index is 521. The van der Waals surface area contributed by atoms with E-state index in [9.17, 15) is 0 Å². The molecule has 4 nitrogen and oxygen atoms in total. The summed E-state index contributed by atoms with van der Waals surface area (Å²) in [5.74, 6) is 2.03. The summed E-state index contributed by atoms with van der Waals surface area (Å²) < 4.78 is 7.64. The van der Waals surface area contributed by atoms with Gasteiger partial charge in [-0.2, -0.15) is 0 Å². The first-order chi connectivity index (χ1) is 8.34. The van der Waals surface area contributed by atoms with Gasteiger partial charge in [0.1, 0.15) is 18.2 Å². The number of nitrogens with one attached hydrogen (secondary N) is 1. The van der Waals surface area contributed by atoms with Gasteiger partial charge in [-0.05, 0) is 6.07 Å². The molecule has 2 heterocycles. The van der Waals surface area contributed by atoms with E-state index in [1.165, 1.54) is 5.56 Å². The molecule has 1 atom stereocenters. The highest BCUT2D eigenvalue weighted by atomic mass is 16.5. The first-order valence-electron chi connectivity index (χ1n) is 5.76. The van der Waals surface area contributed by atoms with Crippen molar-refractivity contribution in [2.75, 3.05) is 6.61 Å². The Balaban J connectivity index is 1.70. The molecule has 4 heteroatoms. The van der Waals surface area contributed by atoms with Crippen molar-refractivity contribution in [2.24, 2.45) is 7.05 Å². The SMILES string of the molecule is Cn1ccnc1CNC1COc2ccccc21. The Morgan fingerprint density at radius 3 is 3.18 bits per heavy atom. The van der Waals surface area contributed by atoms with Crippen molar-refractivity contribution in [1.29, 1.82) is 0 Å². The van der Waals surface area contributed by atoms with Gasteiger partial charge in [-0.3, -0.25) is 5.32 Å². The molecule has 17 heavy (non-hydrogen) atoms. The zero-order valence-corrected chi connectivity index (χ0v) is 9.76. The van der Waals surface area contributed by atoms with E-state index in [2.05, 4.69) is 16.4 Å². The van der Waals surface area contributed by atoms with Gasteiger partial charge in [0, 0.05) is 25.0 Å². The molecule has 88 valence electrons. The van der Waals surface area contributed by atoms with E-state index in [0.29, 0.717) is 6.61 Å². The normalized spacial score (nSPS) is 17.8. The molecule has 1 aliphatic heterocycles. The third-order valence-corrected chi connectivity index (χ3v) is 3.13. The number of aromatic nitrogens is 2. The molecule has 0 bridgehead atoms. The highest BCUT2D eigenvalue weighted by Gasteiger charge is 2.23. The largest absolute Gasteiger partial charge is 0.491 e. The number of imidazole rings is 1. The van der Waals surface area contributed by atoms with Gasteiger partial charge in [-0.15, -0.1) is 0 Å². The molecule has 1 aliphatic rings. The Morgan fingerprint density at radius 2 is 2.35 bits per heavy atom. The Hall–Kier alpha value is -1.81. The van der Waals surface area contributed by atoms with Crippen molar-refractivity contribution in [3.8, 4) is 5.75 Å². The maximum absolute atomic E-state index is 5.62. The minimum absolute atomic E-state index is 0.267. The van der Waals surface area contributed by atoms with Crippen molar-refractivity contribution in [1.82, 2.24) is 14.9 Å². The van der Waals surface area contributed by atoms with Gasteiger partial charge in [0.05, 0.1) is 12.6 Å². The van der Waals surface area contributed by atoms with Crippen LogP contribution < -0.4 is 10.1 Å². The van der Waals surface area contributed by atoms with Gasteiger partial charge < -0.3 is 9.30 Å². The Labute approximate surface area is 100 Å². The van der Waals surface area contributed by atoms with Crippen molar-refractivity contribution < 1.29 is 4.74 Å². The van der Waals surface area contributed by atoms with Gasteiger partial charge in [0.2, 0.25) is 0 Å². The van der Waals surface area contributed by atoms with Crippen LogP contribution in [0.15, 0.2) is 36.7 Å². The molecule has 2 aromatic rings. The molecule has 3 rings (SSSR count). The van der Waals surface area contributed by atoms with E-state index in [-0.39, 0.29) is 6.04 Å². The summed E-state index contributed by atoms with van der Waals surface area (Å²) in [6.07, 6.45) is 3.77. The van der Waals surface area contributed by atoms with E-state index in [1.54, 1.807) is 0 Å². The number of benzene rings is 1. The Kier molecular flexibility index (Phi) is 2.57. The van der Waals surface area contributed by atoms with E-state index in [1.807, 2.05) is 42.2 Å². The maximum atomic E-state index is 5.62. The molecule has 1 aromatic carbocycles. The van der Waals surface area contributed by atoms with Crippen LogP contribution in [0.5, 0.6) is 5.75 Å². The number of nitrogens with zero attached hydrogens (tertiary/aromatic N) is 2. The average Bonchev–Trinajstić information content (AvgIpc) is 2.93. The summed E-state index contributed by atoms with van der Waals surface area (Å²) in [5.41, 5.74) is 1.24. The van der Waals surface area contributed by atoms with Crippen LogP contribution in [-0.4, -0.2) is 16.2 Å². The molecule has 0 saturated heterocycles. The maximum Gasteiger partial charge on any atom is 0.124 e. The lowest BCUT2D eigenvalue weighted by Crippen LogP contribution is -2.23. The van der Waals surface area contributed by atoms with Crippen LogP contribution in [0, 0.1) is 0 Å². The molecular weight excluding hydrogens is 214 g/mol. The second-order valence-electron chi connectivity index (χ2n) is 4.24. The number of hydrogen-bond donors (Lipinski definition) is 1. The van der Waals surface area contributed by atoms with Crippen molar-refractivity contribution in [2.45, 2.75) is 12.6 Å². The lowest BCUT2D eigenvalue weighted by molar-refractivity contribution is 0.309. The predicted molar refractivity (Wildman–Crippen MR) is 64.7 cm³/mol. The topological polar surface area (TPSA) is 39.1 Å². The predicted octanol–water partition coefficient (Wildman–Crippen LogP) is 1.64. The van der Waals surface area contributed by atoms with E-state index < -0.39 is 0 Å². The minimum Gasteiger partial charge on any atom is -0.491 e. The van der Waals surface area contributed by atoms with Crippen molar-refractivity contribution in [3.63, 3.8) is 0 Å². The highest BCUT2D eigenvalue weighted by molar-refractivity contribution is 5.39. The smallest absolute Gasteiger partial charge is 0.124 e. The number of rotatable bonds is 3. The van der Waals surface area contributed by atoms with Crippen LogP contribution in [0.3, 0.4) is 0 Å². The minimum atomic E-state index is 0.267. The molecule has 1 aromatic heterocycles. The number of hydrogen-bond acceptors (Lipinski definition) is 3. The average molecular weight is 229 g/mol. The third-order valence-electron chi connectivity index (χ3n) is 3.13. The summed E-state index contributed by atoms with van der Waals surface area (Å²) in [6, 6.07) is 8.43. The quantitative estimate of drug-likeness (QED) is 0.869. The molecule has 0 aliphatic carbocycles. The number of fused-ring (bicyclic) bond motifs is 1. The summed E-state index contributed by atoms with van der Waals surface area (Å²) in [4.78, 5) is 4.29. The molecule has 0 amide bonds. The van der Waals surface area contributed by atoms with Crippen LogP contribution in [0.4, 0.5) is 0 Å². The molecule has 0 saturated carbocycles. The number of ether oxygens (including phenoxy) is 1. The molecule has 0 fully saturated rings. The summed E-state index contributed by atoms with van der Waals surface area (Å²) in [6.45, 7) is 1.45. The van der Waals surface area contributed by atoms with Crippen molar-refractivity contribution in [3.05, 3.63) is 48.0 Å². The zero-order valence-electron chi connectivity index (χ0n) is 9.76. The second kappa shape index (κ2) is 4.22. The molecular formula is C13H15N3O. The monoisotopic (exact) mass is 229 g/mol.